The smallest absolute Gasteiger partial charge is 0.358 e. The van der Waals surface area contributed by atoms with Gasteiger partial charge >= 0.3 is 12.4 Å². The summed E-state index contributed by atoms with van der Waals surface area (Å²) in [5.74, 6) is -0.799. The number of alkyl halides is 6. The standard InChI is InChI=1S/C13H11F6N3O/c1-21-11(23)6-22(7-12(14,15)16)9-3-2-8(5-20)10(4-9)13(17,18)19/h2-4H,6-7H2,1H3,(H,21,23). The lowest BCUT2D eigenvalue weighted by Gasteiger charge is -2.26. The minimum atomic E-state index is -4.90. The Morgan fingerprint density at radius 3 is 2.30 bits per heavy atom. The van der Waals surface area contributed by atoms with Crippen molar-refractivity contribution in [1.82, 2.24) is 5.32 Å². The van der Waals surface area contributed by atoms with Gasteiger partial charge in [-0.15, -0.1) is 0 Å². The Bertz CT molecular complexity index is 618. The summed E-state index contributed by atoms with van der Waals surface area (Å²) in [4.78, 5) is 11.7. The molecule has 0 fully saturated rings. The number of nitriles is 1. The Kier molecular flexibility index (Phi) is 5.47. The van der Waals surface area contributed by atoms with Crippen LogP contribution in [0.2, 0.25) is 0 Å². The maximum atomic E-state index is 12.9. The maximum Gasteiger partial charge on any atom is 0.417 e. The number of nitrogens with zero attached hydrogens (tertiary/aromatic N) is 2. The summed E-state index contributed by atoms with van der Waals surface area (Å²) in [5.41, 5.74) is -2.54. The second-order valence-electron chi connectivity index (χ2n) is 4.48. The van der Waals surface area contributed by atoms with Crippen molar-refractivity contribution in [2.45, 2.75) is 12.4 Å². The van der Waals surface area contributed by atoms with Gasteiger partial charge in [-0.1, -0.05) is 0 Å². The monoisotopic (exact) mass is 339 g/mol. The van der Waals surface area contributed by atoms with Gasteiger partial charge in [0.25, 0.3) is 0 Å². The van der Waals surface area contributed by atoms with Gasteiger partial charge in [-0.3, -0.25) is 4.79 Å². The van der Waals surface area contributed by atoms with Crippen LogP contribution in [-0.4, -0.2) is 32.2 Å². The van der Waals surface area contributed by atoms with Gasteiger partial charge < -0.3 is 10.2 Å². The summed E-state index contributed by atoms with van der Waals surface area (Å²) >= 11 is 0. The van der Waals surface area contributed by atoms with E-state index in [1.807, 2.05) is 0 Å². The molecule has 10 heteroatoms. The molecule has 0 saturated heterocycles. The highest BCUT2D eigenvalue weighted by Gasteiger charge is 2.36. The molecule has 1 aromatic carbocycles. The summed E-state index contributed by atoms with van der Waals surface area (Å²) in [6.45, 7) is -2.39. The van der Waals surface area contributed by atoms with E-state index < -0.39 is 48.2 Å². The van der Waals surface area contributed by atoms with E-state index in [2.05, 4.69) is 5.32 Å². The Hall–Kier alpha value is -2.44. The van der Waals surface area contributed by atoms with Crippen molar-refractivity contribution in [2.75, 3.05) is 25.0 Å². The Morgan fingerprint density at radius 1 is 1.26 bits per heavy atom. The molecule has 0 heterocycles. The van der Waals surface area contributed by atoms with E-state index in [9.17, 15) is 31.1 Å². The zero-order valence-electron chi connectivity index (χ0n) is 11.7. The van der Waals surface area contributed by atoms with Gasteiger partial charge in [-0.05, 0) is 18.2 Å². The molecule has 0 atom stereocenters. The molecule has 4 nitrogen and oxygen atoms in total. The highest BCUT2D eigenvalue weighted by Crippen LogP contribution is 2.35. The van der Waals surface area contributed by atoms with Crippen LogP contribution in [0.1, 0.15) is 11.1 Å². The van der Waals surface area contributed by atoms with Gasteiger partial charge in [0.05, 0.1) is 23.7 Å². The van der Waals surface area contributed by atoms with Gasteiger partial charge in [-0.2, -0.15) is 31.6 Å². The molecular formula is C13H11F6N3O. The predicted molar refractivity (Wildman–Crippen MR) is 68.5 cm³/mol. The summed E-state index contributed by atoms with van der Waals surface area (Å²) in [5, 5.41) is 10.8. The number of hydrogen-bond acceptors (Lipinski definition) is 3. The van der Waals surface area contributed by atoms with E-state index in [0.29, 0.717) is 11.0 Å². The molecule has 23 heavy (non-hydrogen) atoms. The van der Waals surface area contributed by atoms with Crippen molar-refractivity contribution in [3.63, 3.8) is 0 Å². The molecule has 1 amide bonds. The summed E-state index contributed by atoms with van der Waals surface area (Å²) in [6.07, 6.45) is -9.63. The summed E-state index contributed by atoms with van der Waals surface area (Å²) < 4.78 is 76.4. The molecule has 0 radical (unpaired) electrons. The second-order valence-corrected chi connectivity index (χ2v) is 4.48. The number of benzene rings is 1. The van der Waals surface area contributed by atoms with Crippen molar-refractivity contribution in [3.05, 3.63) is 29.3 Å². The van der Waals surface area contributed by atoms with Crippen molar-refractivity contribution < 1.29 is 31.1 Å². The summed E-state index contributed by atoms with van der Waals surface area (Å²) in [6, 6.07) is 3.45. The first kappa shape index (κ1) is 18.6. The molecule has 0 bridgehead atoms. The molecule has 1 rings (SSSR count). The zero-order valence-corrected chi connectivity index (χ0v) is 11.7. The molecule has 0 aliphatic carbocycles. The molecule has 0 spiro atoms. The predicted octanol–water partition coefficient (Wildman–Crippen LogP) is 2.69. The number of hydrogen-bond donors (Lipinski definition) is 1. The van der Waals surface area contributed by atoms with E-state index in [4.69, 9.17) is 5.26 Å². The Balaban J connectivity index is 3.31. The average Bonchev–Trinajstić information content (AvgIpc) is 2.43. The fourth-order valence-electron chi connectivity index (χ4n) is 1.77. The van der Waals surface area contributed by atoms with Gasteiger partial charge in [-0.25, -0.2) is 0 Å². The summed E-state index contributed by atoms with van der Waals surface area (Å²) in [7, 11) is 1.19. The van der Waals surface area contributed by atoms with E-state index in [1.165, 1.54) is 13.1 Å². The SMILES string of the molecule is CNC(=O)CN(CC(F)(F)F)c1ccc(C#N)c(C(F)(F)F)c1. The third kappa shape index (κ3) is 5.36. The normalized spacial score (nSPS) is 11.7. The van der Waals surface area contributed by atoms with E-state index in [-0.39, 0.29) is 0 Å². The Labute approximate surface area is 127 Å². The highest BCUT2D eigenvalue weighted by molar-refractivity contribution is 5.81. The lowest BCUT2D eigenvalue weighted by Crippen LogP contribution is -2.41. The van der Waals surface area contributed by atoms with Crippen LogP contribution in [0.25, 0.3) is 0 Å². The van der Waals surface area contributed by atoms with Gasteiger partial charge in [0.1, 0.15) is 6.54 Å². The molecule has 1 N–H and O–H groups in total. The van der Waals surface area contributed by atoms with Crippen LogP contribution in [-0.2, 0) is 11.0 Å². The fourth-order valence-corrected chi connectivity index (χ4v) is 1.77. The first-order valence-electron chi connectivity index (χ1n) is 6.11. The number of rotatable bonds is 4. The van der Waals surface area contributed by atoms with Crippen LogP contribution in [0, 0.1) is 11.3 Å². The molecule has 1 aromatic rings. The Morgan fingerprint density at radius 2 is 1.87 bits per heavy atom. The lowest BCUT2D eigenvalue weighted by molar-refractivity contribution is -0.137. The zero-order chi connectivity index (χ0) is 17.8. The minimum Gasteiger partial charge on any atom is -0.358 e. The lowest BCUT2D eigenvalue weighted by atomic mass is 10.1. The number of nitrogens with one attached hydrogen (secondary N) is 1. The van der Waals surface area contributed by atoms with Crippen LogP contribution in [0.15, 0.2) is 18.2 Å². The number of halogens is 6. The van der Waals surface area contributed by atoms with Gasteiger partial charge in [0.15, 0.2) is 0 Å². The van der Waals surface area contributed by atoms with Crippen LogP contribution in [0.5, 0.6) is 0 Å². The maximum absolute atomic E-state index is 12.9. The van der Waals surface area contributed by atoms with Crippen LogP contribution in [0.4, 0.5) is 32.0 Å². The van der Waals surface area contributed by atoms with Gasteiger partial charge in [0.2, 0.25) is 5.91 Å². The third-order valence-electron chi connectivity index (χ3n) is 2.78. The molecular weight excluding hydrogens is 328 g/mol. The van der Waals surface area contributed by atoms with E-state index >= 15 is 0 Å². The molecule has 0 aliphatic heterocycles. The van der Waals surface area contributed by atoms with Crippen LogP contribution < -0.4 is 10.2 Å². The quantitative estimate of drug-likeness (QED) is 0.858. The number of amides is 1. The third-order valence-corrected chi connectivity index (χ3v) is 2.78. The molecule has 0 saturated carbocycles. The van der Waals surface area contributed by atoms with Crippen molar-refractivity contribution >= 4 is 11.6 Å². The largest absolute Gasteiger partial charge is 0.417 e. The van der Waals surface area contributed by atoms with Crippen molar-refractivity contribution in [3.8, 4) is 6.07 Å². The fraction of sp³-hybridized carbons (Fsp3) is 0.385. The van der Waals surface area contributed by atoms with Gasteiger partial charge in [0, 0.05) is 12.7 Å². The first-order chi connectivity index (χ1) is 10.5. The van der Waals surface area contributed by atoms with Crippen LogP contribution in [0.3, 0.4) is 0 Å². The number of carbonyl (C=O) groups excluding carboxylic acids is 1. The highest BCUT2D eigenvalue weighted by atomic mass is 19.4. The van der Waals surface area contributed by atoms with E-state index in [1.54, 1.807) is 0 Å². The number of likely N-dealkylation sites (N-methyl/N-ethyl adjacent to an activating group) is 1. The van der Waals surface area contributed by atoms with Crippen molar-refractivity contribution in [1.29, 1.82) is 5.26 Å². The van der Waals surface area contributed by atoms with Crippen molar-refractivity contribution in [2.24, 2.45) is 0 Å². The molecule has 126 valence electrons. The minimum absolute atomic E-state index is 0.424. The molecule has 0 unspecified atom stereocenters. The average molecular weight is 339 g/mol. The van der Waals surface area contributed by atoms with E-state index in [0.717, 1.165) is 12.1 Å². The first-order valence-corrected chi connectivity index (χ1v) is 6.11. The van der Waals surface area contributed by atoms with Crippen LogP contribution >= 0.6 is 0 Å². The topological polar surface area (TPSA) is 56.1 Å². The second kappa shape index (κ2) is 6.76. The molecule has 0 aromatic heterocycles. The molecule has 0 aliphatic rings. The number of carbonyl (C=O) groups is 1. The number of anilines is 1.